The predicted molar refractivity (Wildman–Crippen MR) is 159 cm³/mol. The van der Waals surface area contributed by atoms with Crippen LogP contribution < -0.4 is 0 Å². The van der Waals surface area contributed by atoms with Crippen LogP contribution in [0.3, 0.4) is 0 Å². The number of hydrogen-bond acceptors (Lipinski definition) is 10. The van der Waals surface area contributed by atoms with E-state index in [2.05, 4.69) is 9.97 Å². The molecular weight excluding hydrogens is 585 g/mol. The van der Waals surface area contributed by atoms with Gasteiger partial charge in [0.2, 0.25) is 11.8 Å². The first kappa shape index (κ1) is 24.9. The molecule has 0 aliphatic rings. The first-order valence-electron chi connectivity index (χ1n) is 11.9. The van der Waals surface area contributed by atoms with Gasteiger partial charge in [0.1, 0.15) is 0 Å². The molecule has 7 rings (SSSR count). The van der Waals surface area contributed by atoms with Crippen LogP contribution in [0.1, 0.15) is 0 Å². The van der Waals surface area contributed by atoms with Crippen molar-refractivity contribution < 1.29 is 20.4 Å². The van der Waals surface area contributed by atoms with Crippen molar-refractivity contribution in [2.24, 2.45) is 0 Å². The number of rotatable bonds is 6. The Morgan fingerprint density at radius 2 is 1.00 bits per heavy atom. The molecular formula is C28H18N4O4S4. The summed E-state index contributed by atoms with van der Waals surface area (Å²) in [6, 6.07) is 25.3. The molecule has 0 bridgehead atoms. The van der Waals surface area contributed by atoms with E-state index < -0.39 is 0 Å². The highest BCUT2D eigenvalue weighted by Crippen LogP contribution is 2.45. The first-order valence-corrected chi connectivity index (χ1v) is 15.2. The lowest BCUT2D eigenvalue weighted by Crippen LogP contribution is -1.97. The van der Waals surface area contributed by atoms with E-state index in [1.165, 1.54) is 67.5 Å². The van der Waals surface area contributed by atoms with E-state index in [9.17, 15) is 20.4 Å². The number of benzene rings is 3. The van der Waals surface area contributed by atoms with Crippen molar-refractivity contribution in [1.29, 1.82) is 0 Å². The Morgan fingerprint density at radius 3 is 1.45 bits per heavy atom. The lowest BCUT2D eigenvalue weighted by atomic mass is 10.2. The fourth-order valence-corrected chi connectivity index (χ4v) is 8.50. The van der Waals surface area contributed by atoms with Crippen molar-refractivity contribution in [2.75, 3.05) is 0 Å². The minimum atomic E-state index is -0.161. The second-order valence-corrected chi connectivity index (χ2v) is 13.3. The van der Waals surface area contributed by atoms with Crippen LogP contribution in [-0.4, -0.2) is 39.5 Å². The number of para-hydroxylation sites is 2. The first-order chi connectivity index (χ1) is 19.4. The van der Waals surface area contributed by atoms with Crippen LogP contribution >= 0.6 is 46.2 Å². The molecule has 3 aromatic carbocycles. The molecule has 4 N–H and O–H groups in total. The quantitative estimate of drug-likeness (QED) is 0.154. The van der Waals surface area contributed by atoms with Gasteiger partial charge in [-0.1, -0.05) is 53.9 Å². The van der Waals surface area contributed by atoms with Crippen LogP contribution in [0.25, 0.3) is 31.8 Å². The van der Waals surface area contributed by atoms with Crippen molar-refractivity contribution in [3.05, 3.63) is 84.9 Å². The summed E-state index contributed by atoms with van der Waals surface area (Å²) in [4.78, 5) is 10.1. The highest BCUT2D eigenvalue weighted by atomic mass is 32.2. The molecule has 0 saturated heterocycles. The van der Waals surface area contributed by atoms with Gasteiger partial charge in [-0.05, 0) is 42.5 Å². The molecule has 0 amide bonds. The maximum atomic E-state index is 11.0. The molecule has 198 valence electrons. The van der Waals surface area contributed by atoms with Crippen LogP contribution in [0.4, 0.5) is 0 Å². The van der Waals surface area contributed by atoms with Gasteiger partial charge < -0.3 is 20.4 Å². The molecule has 0 radical (unpaired) electrons. The van der Waals surface area contributed by atoms with Crippen molar-refractivity contribution in [3.63, 3.8) is 0 Å². The van der Waals surface area contributed by atoms with E-state index >= 15 is 0 Å². The van der Waals surface area contributed by atoms with E-state index in [0.29, 0.717) is 21.2 Å². The zero-order chi connectivity index (χ0) is 27.4. The summed E-state index contributed by atoms with van der Waals surface area (Å²) < 4.78 is 6.15. The van der Waals surface area contributed by atoms with Crippen molar-refractivity contribution in [2.45, 2.75) is 18.5 Å². The van der Waals surface area contributed by atoms with Crippen LogP contribution in [-0.2, 0) is 0 Å². The number of aromatic hydroxyl groups is 4. The van der Waals surface area contributed by atoms with Gasteiger partial charge >= 0.3 is 0 Å². The SMILES string of the molecule is Oc1cc(Sc2nc3ccccc3s2)c(O)n1-c1cccc(-n2c(O)cc(Sc3nc4ccccc4s3)c2O)c1. The Morgan fingerprint density at radius 1 is 0.550 bits per heavy atom. The fourth-order valence-electron chi connectivity index (χ4n) is 4.34. The van der Waals surface area contributed by atoms with Crippen LogP contribution in [0.2, 0.25) is 0 Å². The lowest BCUT2D eigenvalue weighted by molar-refractivity contribution is 0.397. The highest BCUT2D eigenvalue weighted by molar-refractivity contribution is 8.01. The van der Waals surface area contributed by atoms with E-state index in [0.717, 1.165) is 29.1 Å². The second kappa shape index (κ2) is 9.82. The highest BCUT2D eigenvalue weighted by Gasteiger charge is 2.21. The van der Waals surface area contributed by atoms with Crippen LogP contribution in [0, 0.1) is 0 Å². The summed E-state index contributed by atoms with van der Waals surface area (Å²) in [7, 11) is 0. The Bertz CT molecular complexity index is 1830. The third-order valence-electron chi connectivity index (χ3n) is 6.13. The largest absolute Gasteiger partial charge is 0.494 e. The number of nitrogens with zero attached hydrogens (tertiary/aromatic N) is 4. The molecule has 40 heavy (non-hydrogen) atoms. The molecule has 0 unspecified atom stereocenters. The third kappa shape index (κ3) is 4.34. The van der Waals surface area contributed by atoms with Crippen LogP contribution in [0.5, 0.6) is 23.5 Å². The minimum Gasteiger partial charge on any atom is -0.494 e. The zero-order valence-electron chi connectivity index (χ0n) is 20.3. The Labute approximate surface area is 243 Å². The second-order valence-electron chi connectivity index (χ2n) is 8.67. The van der Waals surface area contributed by atoms with E-state index in [4.69, 9.17) is 0 Å². The standard InChI is InChI=1S/C28H18N4O4S4/c33-23-13-21(39-27-29-17-8-1-3-10-19(17)37-27)25(35)31(23)15-6-5-7-16(12-15)32-24(34)14-22(26(32)36)40-28-30-18-9-2-4-11-20(18)38-28/h1-14,33-36H. The summed E-state index contributed by atoms with van der Waals surface area (Å²) in [5, 5.41) is 43.6. The molecule has 0 fully saturated rings. The number of aromatic nitrogens is 4. The van der Waals surface area contributed by atoms with Crippen molar-refractivity contribution in [1.82, 2.24) is 19.1 Å². The van der Waals surface area contributed by atoms with Gasteiger partial charge in [-0.25, -0.2) is 9.97 Å². The number of thiazole rings is 2. The average Bonchev–Trinajstić information content (AvgIpc) is 3.68. The van der Waals surface area contributed by atoms with Crippen LogP contribution in [0.15, 0.2) is 103 Å². The monoisotopic (exact) mass is 602 g/mol. The summed E-state index contributed by atoms with van der Waals surface area (Å²) in [6.45, 7) is 0. The molecule has 0 aliphatic carbocycles. The fraction of sp³-hybridized carbons (Fsp3) is 0. The average molecular weight is 603 g/mol. The molecule has 8 nitrogen and oxygen atoms in total. The molecule has 0 atom stereocenters. The van der Waals surface area contributed by atoms with Crippen molar-refractivity contribution >= 4 is 66.6 Å². The molecule has 7 aromatic rings. The predicted octanol–water partition coefficient (Wildman–Crippen LogP) is 7.61. The topological polar surface area (TPSA) is 117 Å². The lowest BCUT2D eigenvalue weighted by Gasteiger charge is -2.11. The Hall–Kier alpha value is -4.10. The van der Waals surface area contributed by atoms with Gasteiger partial charge in [0.25, 0.3) is 0 Å². The number of hydrogen-bond donors (Lipinski definition) is 4. The van der Waals surface area contributed by atoms with Gasteiger partial charge in [0.05, 0.1) is 41.6 Å². The van der Waals surface area contributed by atoms with Gasteiger partial charge in [0.15, 0.2) is 20.4 Å². The van der Waals surface area contributed by atoms with E-state index in [-0.39, 0.29) is 23.5 Å². The van der Waals surface area contributed by atoms with Gasteiger partial charge in [-0.15, -0.1) is 22.7 Å². The Kier molecular flexibility index (Phi) is 6.12. The van der Waals surface area contributed by atoms with Gasteiger partial charge in [-0.3, -0.25) is 9.13 Å². The van der Waals surface area contributed by atoms with E-state index in [1.54, 1.807) is 24.3 Å². The molecule has 4 aromatic heterocycles. The normalized spacial score (nSPS) is 11.6. The maximum absolute atomic E-state index is 11.0. The van der Waals surface area contributed by atoms with Crippen molar-refractivity contribution in [3.8, 4) is 34.9 Å². The third-order valence-corrected chi connectivity index (χ3v) is 10.4. The molecule has 12 heteroatoms. The zero-order valence-corrected chi connectivity index (χ0v) is 23.6. The smallest absolute Gasteiger partial charge is 0.213 e. The number of fused-ring (bicyclic) bond motifs is 2. The molecule has 0 aliphatic heterocycles. The molecule has 0 spiro atoms. The summed E-state index contributed by atoms with van der Waals surface area (Å²) in [5.74, 6) is -0.614. The van der Waals surface area contributed by atoms with Gasteiger partial charge in [-0.2, -0.15) is 0 Å². The molecule has 0 saturated carbocycles. The summed E-state index contributed by atoms with van der Waals surface area (Å²) in [5.41, 5.74) is 2.63. The maximum Gasteiger partial charge on any atom is 0.213 e. The summed E-state index contributed by atoms with van der Waals surface area (Å²) >= 11 is 5.54. The van der Waals surface area contributed by atoms with Gasteiger partial charge in [0, 0.05) is 12.1 Å². The Balaban J connectivity index is 1.20. The summed E-state index contributed by atoms with van der Waals surface area (Å²) in [6.07, 6.45) is 0. The molecule has 4 heterocycles. The minimum absolute atomic E-state index is 0.146. The van der Waals surface area contributed by atoms with E-state index in [1.807, 2.05) is 48.5 Å².